The Labute approximate surface area is 108 Å². The largest absolute Gasteiger partial charge is 0.305 e. The van der Waals surface area contributed by atoms with Crippen molar-refractivity contribution < 1.29 is 0 Å². The molecule has 0 saturated heterocycles. The maximum Gasteiger partial charge on any atom is 0.0581 e. The number of rotatable bonds is 1. The Morgan fingerprint density at radius 3 is 2.61 bits per heavy atom. The Bertz CT molecular complexity index is 546. The SMILES string of the molecule is CC1(C)CNC(c2ccncc2)c2ccccc21. The Hall–Kier alpha value is -1.67. The molecule has 0 amide bonds. The lowest BCUT2D eigenvalue weighted by Crippen LogP contribution is -2.42. The highest BCUT2D eigenvalue weighted by atomic mass is 14.9. The molecule has 0 radical (unpaired) electrons. The molecule has 1 aliphatic rings. The molecule has 18 heavy (non-hydrogen) atoms. The van der Waals surface area contributed by atoms with Gasteiger partial charge < -0.3 is 5.32 Å². The van der Waals surface area contributed by atoms with E-state index in [1.54, 1.807) is 0 Å². The fourth-order valence-corrected chi connectivity index (χ4v) is 2.78. The first-order chi connectivity index (χ1) is 8.68. The van der Waals surface area contributed by atoms with E-state index in [1.807, 2.05) is 12.4 Å². The van der Waals surface area contributed by atoms with Gasteiger partial charge >= 0.3 is 0 Å². The van der Waals surface area contributed by atoms with Gasteiger partial charge in [-0.05, 0) is 28.8 Å². The molecule has 1 aromatic heterocycles. The zero-order chi connectivity index (χ0) is 12.6. The first kappa shape index (κ1) is 11.4. The molecule has 0 bridgehead atoms. The molecule has 1 N–H and O–H groups in total. The first-order valence-corrected chi connectivity index (χ1v) is 6.41. The minimum Gasteiger partial charge on any atom is -0.305 e. The summed E-state index contributed by atoms with van der Waals surface area (Å²) < 4.78 is 0. The van der Waals surface area contributed by atoms with Crippen LogP contribution in [0.4, 0.5) is 0 Å². The molecule has 0 saturated carbocycles. The minimum atomic E-state index is 0.195. The number of hydrogen-bond acceptors (Lipinski definition) is 2. The average Bonchev–Trinajstić information content (AvgIpc) is 2.40. The van der Waals surface area contributed by atoms with Crippen LogP contribution in [-0.4, -0.2) is 11.5 Å². The molecular formula is C16H18N2. The standard InChI is InChI=1S/C16H18N2/c1-16(2)11-18-15(12-7-9-17-10-8-12)13-5-3-4-6-14(13)16/h3-10,15,18H,11H2,1-2H3. The summed E-state index contributed by atoms with van der Waals surface area (Å²) >= 11 is 0. The summed E-state index contributed by atoms with van der Waals surface area (Å²) in [5.74, 6) is 0. The van der Waals surface area contributed by atoms with Crippen molar-refractivity contribution in [3.05, 3.63) is 65.5 Å². The average molecular weight is 238 g/mol. The van der Waals surface area contributed by atoms with Gasteiger partial charge in [-0.15, -0.1) is 0 Å². The van der Waals surface area contributed by atoms with Crippen LogP contribution in [0.2, 0.25) is 0 Å². The van der Waals surface area contributed by atoms with Crippen molar-refractivity contribution in [3.8, 4) is 0 Å². The van der Waals surface area contributed by atoms with Gasteiger partial charge in [-0.2, -0.15) is 0 Å². The molecule has 2 heterocycles. The zero-order valence-electron chi connectivity index (χ0n) is 10.9. The Morgan fingerprint density at radius 2 is 1.83 bits per heavy atom. The van der Waals surface area contributed by atoms with E-state index >= 15 is 0 Å². The minimum absolute atomic E-state index is 0.195. The van der Waals surface area contributed by atoms with E-state index in [4.69, 9.17) is 0 Å². The van der Waals surface area contributed by atoms with Crippen molar-refractivity contribution in [1.82, 2.24) is 10.3 Å². The lowest BCUT2D eigenvalue weighted by atomic mass is 9.75. The summed E-state index contributed by atoms with van der Waals surface area (Å²) in [4.78, 5) is 4.10. The molecule has 1 atom stereocenters. The van der Waals surface area contributed by atoms with Crippen molar-refractivity contribution in [2.45, 2.75) is 25.3 Å². The summed E-state index contributed by atoms with van der Waals surface area (Å²) in [5.41, 5.74) is 4.32. The van der Waals surface area contributed by atoms with Crippen LogP contribution in [0.5, 0.6) is 0 Å². The van der Waals surface area contributed by atoms with Crippen LogP contribution in [0, 0.1) is 0 Å². The summed E-state index contributed by atoms with van der Waals surface area (Å²) in [7, 11) is 0. The van der Waals surface area contributed by atoms with Crippen molar-refractivity contribution >= 4 is 0 Å². The fourth-order valence-electron chi connectivity index (χ4n) is 2.78. The Balaban J connectivity index is 2.11. The molecule has 0 fully saturated rings. The molecular weight excluding hydrogens is 220 g/mol. The van der Waals surface area contributed by atoms with E-state index < -0.39 is 0 Å². The number of hydrogen-bond donors (Lipinski definition) is 1. The van der Waals surface area contributed by atoms with Crippen molar-refractivity contribution in [3.63, 3.8) is 0 Å². The van der Waals surface area contributed by atoms with E-state index in [0.717, 1.165) is 6.54 Å². The second kappa shape index (κ2) is 4.21. The topological polar surface area (TPSA) is 24.9 Å². The summed E-state index contributed by atoms with van der Waals surface area (Å²) in [5, 5.41) is 3.65. The number of benzene rings is 1. The summed E-state index contributed by atoms with van der Waals surface area (Å²) in [6.45, 7) is 5.58. The smallest absolute Gasteiger partial charge is 0.0581 e. The first-order valence-electron chi connectivity index (χ1n) is 6.41. The summed E-state index contributed by atoms with van der Waals surface area (Å²) in [6, 6.07) is 13.2. The third-order valence-corrected chi connectivity index (χ3v) is 3.79. The van der Waals surface area contributed by atoms with Crippen LogP contribution < -0.4 is 5.32 Å². The summed E-state index contributed by atoms with van der Waals surface area (Å²) in [6.07, 6.45) is 3.72. The number of aromatic nitrogens is 1. The number of nitrogens with one attached hydrogen (secondary N) is 1. The molecule has 1 aliphatic heterocycles. The van der Waals surface area contributed by atoms with E-state index in [2.05, 4.69) is 60.5 Å². The maximum atomic E-state index is 4.10. The second-order valence-corrected chi connectivity index (χ2v) is 5.57. The van der Waals surface area contributed by atoms with E-state index in [9.17, 15) is 0 Å². The highest BCUT2D eigenvalue weighted by Crippen LogP contribution is 2.36. The van der Waals surface area contributed by atoms with Crippen molar-refractivity contribution in [2.75, 3.05) is 6.54 Å². The monoisotopic (exact) mass is 238 g/mol. The predicted molar refractivity (Wildman–Crippen MR) is 73.6 cm³/mol. The van der Waals surface area contributed by atoms with Crippen molar-refractivity contribution in [2.24, 2.45) is 0 Å². The van der Waals surface area contributed by atoms with Gasteiger partial charge in [0.25, 0.3) is 0 Å². The van der Waals surface area contributed by atoms with E-state index in [0.29, 0.717) is 0 Å². The lowest BCUT2D eigenvalue weighted by Gasteiger charge is -2.38. The van der Waals surface area contributed by atoms with Crippen LogP contribution in [0.3, 0.4) is 0 Å². The number of fused-ring (bicyclic) bond motifs is 1. The molecule has 92 valence electrons. The molecule has 2 aromatic rings. The lowest BCUT2D eigenvalue weighted by molar-refractivity contribution is 0.407. The van der Waals surface area contributed by atoms with Crippen LogP contribution >= 0.6 is 0 Å². The van der Waals surface area contributed by atoms with Crippen molar-refractivity contribution in [1.29, 1.82) is 0 Å². The van der Waals surface area contributed by atoms with Gasteiger partial charge in [0.1, 0.15) is 0 Å². The Kier molecular flexibility index (Phi) is 2.67. The van der Waals surface area contributed by atoms with Crippen LogP contribution in [0.25, 0.3) is 0 Å². The van der Waals surface area contributed by atoms with E-state index in [-0.39, 0.29) is 11.5 Å². The Morgan fingerprint density at radius 1 is 1.11 bits per heavy atom. The van der Waals surface area contributed by atoms with Gasteiger partial charge in [-0.25, -0.2) is 0 Å². The fraction of sp³-hybridized carbons (Fsp3) is 0.312. The second-order valence-electron chi connectivity index (χ2n) is 5.57. The molecule has 1 aromatic carbocycles. The highest BCUT2D eigenvalue weighted by molar-refractivity contribution is 5.43. The molecule has 0 spiro atoms. The van der Waals surface area contributed by atoms with E-state index in [1.165, 1.54) is 16.7 Å². The molecule has 2 heteroatoms. The van der Waals surface area contributed by atoms with Crippen LogP contribution in [0.1, 0.15) is 36.6 Å². The zero-order valence-corrected chi connectivity index (χ0v) is 10.9. The van der Waals surface area contributed by atoms with Gasteiger partial charge in [-0.3, -0.25) is 4.98 Å². The number of pyridine rings is 1. The number of nitrogens with zero attached hydrogens (tertiary/aromatic N) is 1. The predicted octanol–water partition coefficient (Wildman–Crippen LogP) is 3.05. The van der Waals surface area contributed by atoms with Crippen LogP contribution in [-0.2, 0) is 5.41 Å². The van der Waals surface area contributed by atoms with Gasteiger partial charge in [-0.1, -0.05) is 38.1 Å². The molecule has 3 rings (SSSR count). The molecule has 0 aliphatic carbocycles. The third-order valence-electron chi connectivity index (χ3n) is 3.79. The van der Waals surface area contributed by atoms with Crippen LogP contribution in [0.15, 0.2) is 48.8 Å². The highest BCUT2D eigenvalue weighted by Gasteiger charge is 2.32. The van der Waals surface area contributed by atoms with Gasteiger partial charge in [0.15, 0.2) is 0 Å². The molecule has 1 unspecified atom stereocenters. The normalized spacial score (nSPS) is 21.3. The molecule has 2 nitrogen and oxygen atoms in total. The van der Waals surface area contributed by atoms with Gasteiger partial charge in [0.05, 0.1) is 6.04 Å². The third kappa shape index (κ3) is 1.83. The maximum absolute atomic E-state index is 4.10. The quantitative estimate of drug-likeness (QED) is 0.826. The van der Waals surface area contributed by atoms with Gasteiger partial charge in [0.2, 0.25) is 0 Å². The van der Waals surface area contributed by atoms with Gasteiger partial charge in [0, 0.05) is 24.4 Å².